The lowest BCUT2D eigenvalue weighted by Crippen LogP contribution is -2.30. The summed E-state index contributed by atoms with van der Waals surface area (Å²) in [4.78, 5) is 47.3. The molecule has 0 bridgehead atoms. The van der Waals surface area contributed by atoms with Crippen molar-refractivity contribution in [2.45, 2.75) is 126 Å². The van der Waals surface area contributed by atoms with Gasteiger partial charge in [-0.2, -0.15) is 0 Å². The van der Waals surface area contributed by atoms with E-state index in [4.69, 9.17) is 0 Å². The number of carbonyl (C=O) groups excluding carboxylic acids is 4. The summed E-state index contributed by atoms with van der Waals surface area (Å²) >= 11 is 0. The molecule has 37 heavy (non-hydrogen) atoms. The summed E-state index contributed by atoms with van der Waals surface area (Å²) in [5.41, 5.74) is 4.40. The highest BCUT2D eigenvalue weighted by Gasteiger charge is 2.33. The van der Waals surface area contributed by atoms with Crippen LogP contribution in [0.2, 0.25) is 0 Å². The lowest BCUT2D eigenvalue weighted by molar-refractivity contribution is -0.130. The molecule has 3 atom stereocenters. The molecule has 0 amide bonds. The minimum absolute atomic E-state index is 0.0451. The van der Waals surface area contributed by atoms with Crippen LogP contribution in [0.25, 0.3) is 0 Å². The Balaban J connectivity index is 0.000000580. The van der Waals surface area contributed by atoms with E-state index < -0.39 is 0 Å². The molecule has 0 aromatic heterocycles. The van der Waals surface area contributed by atoms with Gasteiger partial charge in [0.2, 0.25) is 0 Å². The predicted molar refractivity (Wildman–Crippen MR) is 153 cm³/mol. The number of carbonyl (C=O) groups is 4. The Kier molecular flexibility index (Phi) is 14.8. The average molecular weight is 513 g/mol. The third-order valence-corrected chi connectivity index (χ3v) is 7.70. The predicted octanol–water partition coefficient (Wildman–Crippen LogP) is 8.22. The van der Waals surface area contributed by atoms with Crippen LogP contribution in [0.1, 0.15) is 133 Å². The van der Waals surface area contributed by atoms with E-state index >= 15 is 0 Å². The molecule has 1 aromatic rings. The summed E-state index contributed by atoms with van der Waals surface area (Å²) in [6.07, 6.45) is 9.52. The molecular formula is C33H52O4. The topological polar surface area (TPSA) is 68.3 Å². The second kappa shape index (κ2) is 16.7. The maximum Gasteiger partial charge on any atom is 0.163 e. The zero-order chi connectivity index (χ0) is 28.1. The quantitative estimate of drug-likeness (QED) is 0.186. The van der Waals surface area contributed by atoms with E-state index in [1.54, 1.807) is 6.92 Å². The van der Waals surface area contributed by atoms with E-state index in [9.17, 15) is 19.2 Å². The fraction of sp³-hybridized carbons (Fsp3) is 0.697. The summed E-state index contributed by atoms with van der Waals surface area (Å²) < 4.78 is 0. The summed E-state index contributed by atoms with van der Waals surface area (Å²) in [5, 5.41) is 0. The third-order valence-electron chi connectivity index (χ3n) is 7.70. The van der Waals surface area contributed by atoms with Crippen molar-refractivity contribution in [2.24, 2.45) is 23.7 Å². The highest BCUT2D eigenvalue weighted by atomic mass is 16.1. The van der Waals surface area contributed by atoms with E-state index in [1.165, 1.54) is 30.9 Å². The van der Waals surface area contributed by atoms with Gasteiger partial charge in [-0.3, -0.25) is 14.4 Å². The molecule has 0 saturated carbocycles. The van der Waals surface area contributed by atoms with Gasteiger partial charge in [0.05, 0.1) is 6.42 Å². The summed E-state index contributed by atoms with van der Waals surface area (Å²) in [6, 6.07) is 4.15. The van der Waals surface area contributed by atoms with Gasteiger partial charge in [-0.15, -0.1) is 0 Å². The highest BCUT2D eigenvalue weighted by Crippen LogP contribution is 2.37. The first-order chi connectivity index (χ1) is 17.4. The Bertz CT molecular complexity index is 911. The molecule has 1 aliphatic carbocycles. The van der Waals surface area contributed by atoms with Gasteiger partial charge < -0.3 is 4.79 Å². The normalized spacial score (nSPS) is 16.5. The maximum atomic E-state index is 12.8. The Labute approximate surface area is 226 Å². The zero-order valence-corrected chi connectivity index (χ0v) is 24.9. The van der Waals surface area contributed by atoms with Crippen LogP contribution in [-0.4, -0.2) is 23.1 Å². The molecule has 0 radical (unpaired) electrons. The van der Waals surface area contributed by atoms with Crippen molar-refractivity contribution in [1.29, 1.82) is 0 Å². The highest BCUT2D eigenvalue weighted by molar-refractivity contribution is 6.00. The fourth-order valence-corrected chi connectivity index (χ4v) is 5.82. The fourth-order valence-electron chi connectivity index (χ4n) is 5.82. The van der Waals surface area contributed by atoms with Gasteiger partial charge in [0.15, 0.2) is 5.78 Å². The molecule has 1 aliphatic rings. The largest absolute Gasteiger partial charge is 0.300 e. The van der Waals surface area contributed by atoms with Crippen LogP contribution in [0.3, 0.4) is 0 Å². The number of benzene rings is 1. The first kappa shape index (κ1) is 32.9. The minimum Gasteiger partial charge on any atom is -0.300 e. The van der Waals surface area contributed by atoms with Gasteiger partial charge in [0.25, 0.3) is 0 Å². The molecule has 0 heterocycles. The van der Waals surface area contributed by atoms with Crippen LogP contribution in [-0.2, 0) is 20.8 Å². The van der Waals surface area contributed by atoms with E-state index in [1.807, 2.05) is 19.9 Å². The Hall–Kier alpha value is -2.10. The molecule has 4 heteroatoms. The van der Waals surface area contributed by atoms with Gasteiger partial charge in [-0.25, -0.2) is 0 Å². The number of Topliss-reactive ketones (excluding diaryl/α,β-unsaturated/α-hetero) is 4. The van der Waals surface area contributed by atoms with Crippen molar-refractivity contribution in [3.05, 3.63) is 34.4 Å². The number of hydrogen-bond acceptors (Lipinski definition) is 4. The average Bonchev–Trinajstić information content (AvgIpc) is 2.79. The summed E-state index contributed by atoms with van der Waals surface area (Å²) in [5.74, 6) is 1.87. The standard InChI is InChI=1S/C24H34O3.C9H18O/c1-6-8-19(20(7-2)22(26)11-17(5)25)12-18-13-21-15(3)9-10-16(4)24(21)23(27)14-18;1-8(2)6-4-5-7-9(3)10/h9-10,18-20H,6-8,11-14H2,1-5H3;8H,4-7H2,1-3H3. The van der Waals surface area contributed by atoms with Crippen LogP contribution >= 0.6 is 0 Å². The monoisotopic (exact) mass is 512 g/mol. The van der Waals surface area contributed by atoms with Crippen molar-refractivity contribution in [3.63, 3.8) is 0 Å². The van der Waals surface area contributed by atoms with Crippen LogP contribution in [0.4, 0.5) is 0 Å². The molecule has 0 saturated heterocycles. The Morgan fingerprint density at radius 1 is 0.919 bits per heavy atom. The molecule has 3 unspecified atom stereocenters. The minimum atomic E-state index is -0.0658. The van der Waals surface area contributed by atoms with E-state index in [-0.39, 0.29) is 35.6 Å². The van der Waals surface area contributed by atoms with E-state index in [0.29, 0.717) is 18.1 Å². The first-order valence-corrected chi connectivity index (χ1v) is 14.5. The number of fused-ring (bicyclic) bond motifs is 1. The molecule has 0 fully saturated rings. The molecular weight excluding hydrogens is 460 g/mol. The smallest absolute Gasteiger partial charge is 0.163 e. The second-order valence-electron chi connectivity index (χ2n) is 11.7. The number of unbranched alkanes of at least 4 members (excludes halogenated alkanes) is 1. The maximum absolute atomic E-state index is 12.8. The molecule has 0 spiro atoms. The number of ketones is 4. The molecule has 0 N–H and O–H groups in total. The second-order valence-corrected chi connectivity index (χ2v) is 11.7. The number of rotatable bonds is 14. The molecule has 4 nitrogen and oxygen atoms in total. The van der Waals surface area contributed by atoms with Gasteiger partial charge in [-0.05, 0) is 87.8 Å². The molecule has 0 aliphatic heterocycles. The van der Waals surface area contributed by atoms with E-state index in [2.05, 4.69) is 33.8 Å². The van der Waals surface area contributed by atoms with Crippen LogP contribution in [0, 0.1) is 37.5 Å². The van der Waals surface area contributed by atoms with Crippen molar-refractivity contribution in [2.75, 3.05) is 0 Å². The van der Waals surface area contributed by atoms with Gasteiger partial charge in [0.1, 0.15) is 17.3 Å². The third kappa shape index (κ3) is 11.4. The zero-order valence-electron chi connectivity index (χ0n) is 24.9. The first-order valence-electron chi connectivity index (χ1n) is 14.5. The molecule has 208 valence electrons. The van der Waals surface area contributed by atoms with Crippen molar-refractivity contribution in [3.8, 4) is 0 Å². The van der Waals surface area contributed by atoms with Gasteiger partial charge in [0, 0.05) is 24.3 Å². The van der Waals surface area contributed by atoms with Crippen molar-refractivity contribution < 1.29 is 19.2 Å². The molecule has 2 rings (SSSR count). The number of hydrogen-bond donors (Lipinski definition) is 0. The molecule has 1 aromatic carbocycles. The van der Waals surface area contributed by atoms with Crippen molar-refractivity contribution in [1.82, 2.24) is 0 Å². The SMILES string of the molecule is CC(=O)CCCCC(C)C.CCCC(CC1CC(=O)c2c(C)ccc(C)c2C1)C(CC)C(=O)CC(C)=O. The van der Waals surface area contributed by atoms with Crippen LogP contribution < -0.4 is 0 Å². The summed E-state index contributed by atoms with van der Waals surface area (Å²) in [7, 11) is 0. The Morgan fingerprint density at radius 2 is 1.57 bits per heavy atom. The summed E-state index contributed by atoms with van der Waals surface area (Å²) in [6.45, 7) is 15.9. The van der Waals surface area contributed by atoms with Crippen LogP contribution in [0.15, 0.2) is 12.1 Å². The van der Waals surface area contributed by atoms with Crippen LogP contribution in [0.5, 0.6) is 0 Å². The van der Waals surface area contributed by atoms with Crippen molar-refractivity contribution >= 4 is 23.1 Å². The van der Waals surface area contributed by atoms with Gasteiger partial charge in [-0.1, -0.05) is 65.5 Å². The lowest BCUT2D eigenvalue weighted by atomic mass is 9.71. The number of aryl methyl sites for hydroxylation is 2. The van der Waals surface area contributed by atoms with Gasteiger partial charge >= 0.3 is 0 Å². The van der Waals surface area contributed by atoms with E-state index in [0.717, 1.165) is 62.0 Å². The lowest BCUT2D eigenvalue weighted by Gasteiger charge is -2.32. The Morgan fingerprint density at radius 3 is 2.11 bits per heavy atom.